The molecule has 0 aromatic carbocycles. The second-order valence-corrected chi connectivity index (χ2v) is 2.61. The summed E-state index contributed by atoms with van der Waals surface area (Å²) in [4.78, 5) is 21.8. The minimum Gasteiger partial charge on any atom is -0.342 e. The molecule has 4 nitrogen and oxygen atoms in total. The smallest absolute Gasteiger partial charge is 0.268 e. The van der Waals surface area contributed by atoms with Gasteiger partial charge in [0.25, 0.3) is 5.91 Å². The first-order chi connectivity index (χ1) is 5.11. The van der Waals surface area contributed by atoms with Gasteiger partial charge in [-0.1, -0.05) is 0 Å². The van der Waals surface area contributed by atoms with Gasteiger partial charge in [0.2, 0.25) is 5.91 Å². The lowest BCUT2D eigenvalue weighted by atomic mass is 10.2. The van der Waals surface area contributed by atoms with Crippen LogP contribution in [0.3, 0.4) is 0 Å². The number of nitrogens with one attached hydrogen (secondary N) is 2. The Kier molecular flexibility index (Phi) is 1.94. The molecule has 0 unspecified atom stereocenters. The highest BCUT2D eigenvalue weighted by Gasteiger charge is 2.19. The van der Waals surface area contributed by atoms with Crippen LogP contribution >= 0.6 is 0 Å². The predicted molar refractivity (Wildman–Crippen MR) is 39.5 cm³/mol. The van der Waals surface area contributed by atoms with Crippen molar-refractivity contribution in [3.8, 4) is 0 Å². The van der Waals surface area contributed by atoms with Crippen molar-refractivity contribution < 1.29 is 9.59 Å². The topological polar surface area (TPSA) is 58.2 Å². The Balaban J connectivity index is 2.86. The van der Waals surface area contributed by atoms with Crippen LogP contribution in [0, 0.1) is 0 Å². The number of hydrogen-bond acceptors (Lipinski definition) is 2. The van der Waals surface area contributed by atoms with Gasteiger partial charge in [-0.25, -0.2) is 0 Å². The van der Waals surface area contributed by atoms with Crippen LogP contribution in [0.15, 0.2) is 11.3 Å². The van der Waals surface area contributed by atoms with E-state index in [1.54, 1.807) is 13.8 Å². The first-order valence-electron chi connectivity index (χ1n) is 3.37. The number of amides is 2. The van der Waals surface area contributed by atoms with Crippen LogP contribution in [-0.2, 0) is 9.59 Å². The molecule has 1 rings (SSSR count). The summed E-state index contributed by atoms with van der Waals surface area (Å²) < 4.78 is 0. The summed E-state index contributed by atoms with van der Waals surface area (Å²) in [5.41, 5.74) is 1.19. The zero-order valence-electron chi connectivity index (χ0n) is 6.52. The molecule has 1 fully saturated rings. The Labute approximate surface area is 64.7 Å². The van der Waals surface area contributed by atoms with E-state index < -0.39 is 0 Å². The Bertz CT molecular complexity index is 239. The van der Waals surface area contributed by atoms with Gasteiger partial charge in [0.05, 0.1) is 6.54 Å². The lowest BCUT2D eigenvalue weighted by Crippen LogP contribution is -2.47. The highest BCUT2D eigenvalue weighted by Crippen LogP contribution is 2.01. The van der Waals surface area contributed by atoms with Gasteiger partial charge in [-0.2, -0.15) is 0 Å². The van der Waals surface area contributed by atoms with Crippen LogP contribution in [0.2, 0.25) is 0 Å². The summed E-state index contributed by atoms with van der Waals surface area (Å²) in [6.45, 7) is 3.64. The molecule has 11 heavy (non-hydrogen) atoms. The van der Waals surface area contributed by atoms with Crippen LogP contribution in [0.25, 0.3) is 0 Å². The number of rotatable bonds is 0. The molecule has 0 radical (unpaired) electrons. The van der Waals surface area contributed by atoms with Crippen molar-refractivity contribution in [2.45, 2.75) is 13.8 Å². The maximum atomic E-state index is 11.0. The molecular formula is C7H10N2O2. The molecule has 4 heteroatoms. The van der Waals surface area contributed by atoms with E-state index in [0.29, 0.717) is 5.70 Å². The van der Waals surface area contributed by atoms with Gasteiger partial charge in [-0.05, 0) is 19.4 Å². The molecule has 1 saturated heterocycles. The summed E-state index contributed by atoms with van der Waals surface area (Å²) in [6, 6.07) is 0. The average molecular weight is 154 g/mol. The first-order valence-corrected chi connectivity index (χ1v) is 3.37. The van der Waals surface area contributed by atoms with Gasteiger partial charge in [0, 0.05) is 0 Å². The van der Waals surface area contributed by atoms with E-state index in [1.165, 1.54) is 0 Å². The van der Waals surface area contributed by atoms with E-state index in [9.17, 15) is 9.59 Å². The Morgan fingerprint density at radius 1 is 1.36 bits per heavy atom. The van der Waals surface area contributed by atoms with Gasteiger partial charge in [-0.3, -0.25) is 9.59 Å². The molecular weight excluding hydrogens is 144 g/mol. The first kappa shape index (κ1) is 7.78. The normalized spacial score (nSPS) is 17.5. The maximum Gasteiger partial charge on any atom is 0.268 e. The van der Waals surface area contributed by atoms with Crippen molar-refractivity contribution in [2.75, 3.05) is 6.54 Å². The molecule has 0 atom stereocenters. The lowest BCUT2D eigenvalue weighted by Gasteiger charge is -2.16. The van der Waals surface area contributed by atoms with Gasteiger partial charge >= 0.3 is 0 Å². The van der Waals surface area contributed by atoms with Gasteiger partial charge in [-0.15, -0.1) is 0 Å². The van der Waals surface area contributed by atoms with E-state index in [-0.39, 0.29) is 18.4 Å². The van der Waals surface area contributed by atoms with Crippen molar-refractivity contribution >= 4 is 11.8 Å². The largest absolute Gasteiger partial charge is 0.342 e. The Morgan fingerprint density at radius 3 is 2.45 bits per heavy atom. The fraction of sp³-hybridized carbons (Fsp3) is 0.429. The average Bonchev–Trinajstić information content (AvgIpc) is 1.94. The summed E-state index contributed by atoms with van der Waals surface area (Å²) in [5, 5.41) is 4.95. The van der Waals surface area contributed by atoms with Gasteiger partial charge < -0.3 is 10.6 Å². The van der Waals surface area contributed by atoms with Crippen LogP contribution in [0.5, 0.6) is 0 Å². The summed E-state index contributed by atoms with van der Waals surface area (Å²) >= 11 is 0. The minimum absolute atomic E-state index is 0.0790. The van der Waals surface area contributed by atoms with E-state index in [1.807, 2.05) is 0 Å². The van der Waals surface area contributed by atoms with Crippen LogP contribution in [0.4, 0.5) is 0 Å². The molecule has 0 aromatic heterocycles. The standard InChI is InChI=1S/C7H10N2O2/c1-4(2)6-7(11)8-3-5(10)9-6/h3H2,1-2H3,(H,8,11)(H,9,10). The molecule has 1 heterocycles. The van der Waals surface area contributed by atoms with Crippen molar-refractivity contribution in [3.63, 3.8) is 0 Å². The molecule has 0 bridgehead atoms. The van der Waals surface area contributed by atoms with Crippen molar-refractivity contribution in [3.05, 3.63) is 11.3 Å². The van der Waals surface area contributed by atoms with Gasteiger partial charge in [0.15, 0.2) is 0 Å². The molecule has 2 N–H and O–H groups in total. The molecule has 60 valence electrons. The van der Waals surface area contributed by atoms with Crippen molar-refractivity contribution in [1.29, 1.82) is 0 Å². The highest BCUT2D eigenvalue weighted by molar-refractivity contribution is 6.03. The molecule has 1 aliphatic rings. The number of allylic oxidation sites excluding steroid dienone is 1. The zero-order valence-corrected chi connectivity index (χ0v) is 6.52. The third kappa shape index (κ3) is 1.58. The molecule has 1 aliphatic heterocycles. The fourth-order valence-corrected chi connectivity index (χ4v) is 0.841. The third-order valence-electron chi connectivity index (χ3n) is 1.40. The number of carbonyl (C=O) groups is 2. The maximum absolute atomic E-state index is 11.0. The van der Waals surface area contributed by atoms with E-state index >= 15 is 0 Å². The summed E-state index contributed by atoms with van der Waals surface area (Å²) in [6.07, 6.45) is 0. The zero-order chi connectivity index (χ0) is 8.43. The molecule has 0 spiro atoms. The monoisotopic (exact) mass is 154 g/mol. The second kappa shape index (κ2) is 2.74. The van der Waals surface area contributed by atoms with E-state index in [4.69, 9.17) is 0 Å². The van der Waals surface area contributed by atoms with Crippen molar-refractivity contribution in [2.24, 2.45) is 0 Å². The van der Waals surface area contributed by atoms with Gasteiger partial charge in [0.1, 0.15) is 5.70 Å². The molecule has 0 saturated carbocycles. The highest BCUT2D eigenvalue weighted by atomic mass is 16.2. The third-order valence-corrected chi connectivity index (χ3v) is 1.40. The molecule has 0 aliphatic carbocycles. The van der Waals surface area contributed by atoms with E-state index in [0.717, 1.165) is 5.57 Å². The minimum atomic E-state index is -0.204. The lowest BCUT2D eigenvalue weighted by molar-refractivity contribution is -0.128. The quantitative estimate of drug-likeness (QED) is 0.463. The number of piperazine rings is 1. The predicted octanol–water partition coefficient (Wildman–Crippen LogP) is -0.474. The van der Waals surface area contributed by atoms with E-state index in [2.05, 4.69) is 10.6 Å². The summed E-state index contributed by atoms with van der Waals surface area (Å²) in [5.74, 6) is -0.370. The molecule has 2 amide bonds. The van der Waals surface area contributed by atoms with Crippen molar-refractivity contribution in [1.82, 2.24) is 10.6 Å². The van der Waals surface area contributed by atoms with Crippen LogP contribution in [0.1, 0.15) is 13.8 Å². The molecule has 0 aromatic rings. The number of hydrogen-bond donors (Lipinski definition) is 2. The SMILES string of the molecule is CC(C)=C1NC(=O)CNC1=O. The fourth-order valence-electron chi connectivity index (χ4n) is 0.841. The number of carbonyl (C=O) groups excluding carboxylic acids is 2. The summed E-state index contributed by atoms with van der Waals surface area (Å²) in [7, 11) is 0. The van der Waals surface area contributed by atoms with Crippen LogP contribution in [-0.4, -0.2) is 18.4 Å². The Hall–Kier alpha value is -1.32. The van der Waals surface area contributed by atoms with Crippen LogP contribution < -0.4 is 10.6 Å². The Morgan fingerprint density at radius 2 is 2.00 bits per heavy atom. The second-order valence-electron chi connectivity index (χ2n) is 2.61.